The van der Waals surface area contributed by atoms with Gasteiger partial charge in [0.25, 0.3) is 0 Å². The highest BCUT2D eigenvalue weighted by Gasteiger charge is 2.56. The van der Waals surface area contributed by atoms with Crippen molar-refractivity contribution in [3.63, 3.8) is 0 Å². The highest BCUT2D eigenvalue weighted by atomic mass is 28.3. The number of hydrogen-bond donors (Lipinski definition) is 0. The Morgan fingerprint density at radius 3 is 0.567 bits per heavy atom. The third kappa shape index (κ3) is 10.6. The van der Waals surface area contributed by atoms with Crippen molar-refractivity contribution in [3.8, 4) is 0 Å². The quantitative estimate of drug-likeness (QED) is 0.118. The van der Waals surface area contributed by atoms with Crippen molar-refractivity contribution in [2.24, 2.45) is 0 Å². The van der Waals surface area contributed by atoms with E-state index in [1.807, 2.05) is 31.1 Å². The van der Waals surface area contributed by atoms with Crippen molar-refractivity contribution in [2.75, 3.05) is 0 Å². The zero-order chi connectivity index (χ0) is 52.7. The number of allylic oxidation sites excluding steroid dienone is 4. The van der Waals surface area contributed by atoms with Gasteiger partial charge in [-0.3, -0.25) is 0 Å². The summed E-state index contributed by atoms with van der Waals surface area (Å²) in [6.07, 6.45) is 0. The molecule has 0 fully saturated rings. The van der Waals surface area contributed by atoms with E-state index >= 15 is 0 Å². The van der Waals surface area contributed by atoms with Gasteiger partial charge in [0.05, 0.1) is 72.7 Å². The molecular weight excluding hydrogens is 965 g/mol. The van der Waals surface area contributed by atoms with E-state index in [-0.39, 0.29) is 0 Å². The average Bonchev–Trinajstić information content (AvgIpc) is 3.26. The van der Waals surface area contributed by atoms with E-state index in [4.69, 9.17) is 0 Å². The fourth-order valence-electron chi connectivity index (χ4n) is 13.4. The predicted octanol–water partition coefficient (Wildman–Crippen LogP) is 11.0. The van der Waals surface area contributed by atoms with Crippen LogP contribution in [-0.4, -0.2) is 80.7 Å². The molecule has 67 heavy (non-hydrogen) atoms. The first-order chi connectivity index (χ1) is 29.4. The Morgan fingerprint density at radius 1 is 0.239 bits per heavy atom. The number of hydrogen-bond acceptors (Lipinski definition) is 0. The van der Waals surface area contributed by atoms with Crippen molar-refractivity contribution in [1.82, 2.24) is 0 Å². The molecule has 0 atom stereocenters. The highest BCUT2D eigenvalue weighted by Crippen LogP contribution is 2.47. The molecule has 0 unspecified atom stereocenters. The number of benzene rings is 3. The van der Waals surface area contributed by atoms with Gasteiger partial charge < -0.3 is 0 Å². The van der Waals surface area contributed by atoms with Gasteiger partial charge in [-0.25, -0.2) is 0 Å². The lowest BCUT2D eigenvalue weighted by Crippen LogP contribution is -2.80. The first-order valence-corrected chi connectivity index (χ1v) is 59.9. The smallest absolute Gasteiger partial charge is 0.0656 e. The minimum atomic E-state index is -3.18. The second-order valence-electron chi connectivity index (χ2n) is 31.1. The zero-order valence-electron chi connectivity index (χ0n) is 50.8. The Balaban J connectivity index is 2.91. The summed E-state index contributed by atoms with van der Waals surface area (Å²) in [5.41, 5.74) is 11.9. The lowest BCUT2D eigenvalue weighted by Gasteiger charge is -2.49. The van der Waals surface area contributed by atoms with Crippen LogP contribution >= 0.6 is 0 Å². The molecule has 0 saturated carbocycles. The maximum absolute atomic E-state index is 3.18. The third-order valence-electron chi connectivity index (χ3n) is 16.0. The number of rotatable bonds is 13. The van der Waals surface area contributed by atoms with E-state index in [1.165, 1.54) is 0 Å². The molecule has 0 radical (unpaired) electrons. The van der Waals surface area contributed by atoms with E-state index in [0.717, 1.165) is 0 Å². The summed E-state index contributed by atoms with van der Waals surface area (Å²) in [6, 6.07) is 9.12. The van der Waals surface area contributed by atoms with Crippen LogP contribution in [0.25, 0.3) is 0 Å². The molecule has 0 N–H and O–H groups in total. The summed E-state index contributed by atoms with van der Waals surface area (Å²) in [4.78, 5) is 0. The summed E-state index contributed by atoms with van der Waals surface area (Å²) >= 11 is 0. The van der Waals surface area contributed by atoms with Crippen LogP contribution in [0.1, 0.15) is 44.4 Å². The van der Waals surface area contributed by atoms with Gasteiger partial charge >= 0.3 is 0 Å². The first-order valence-electron chi connectivity index (χ1n) is 26.3. The van der Waals surface area contributed by atoms with Crippen molar-refractivity contribution >= 4 is 143 Å². The molecule has 3 aromatic carbocycles. The van der Waals surface area contributed by atoms with Gasteiger partial charge in [-0.1, -0.05) is 269 Å². The molecule has 4 rings (SSSR count). The molecule has 0 heterocycles. The largest absolute Gasteiger partial charge is 0.160 e. The maximum atomic E-state index is 3.04. The molecule has 0 spiro atoms. The lowest BCUT2D eigenvalue weighted by molar-refractivity contribution is 1.09. The standard InChI is InChI=1S/C57H106Si10/c1-38-39(2)41(4)51(40(38)3)67(45-35-48(58(8,9)10)55(64(26,27)28)52(42(45)5)61(17,18)19,46-36-49(59(11,12)13)56(65(29,30)31)53(43(46)6)62(20,21)22)47-37-50(60(14,15)16)57(66(32,33)34)54(44(47)7)63(23,24)25/h35-37,51H,1-34H3. The molecule has 0 amide bonds. The monoisotopic (exact) mass is 1070 g/mol. The highest BCUT2D eigenvalue weighted by molar-refractivity contribution is 7.17. The van der Waals surface area contributed by atoms with E-state index in [2.05, 4.69) is 243 Å². The van der Waals surface area contributed by atoms with Gasteiger partial charge in [0.15, 0.2) is 8.07 Å². The maximum Gasteiger partial charge on any atom is 0.160 e. The Hall–Kier alpha value is -0.691. The SMILES string of the molecule is CC1=C(C)C([Si](c2cc([Si](C)(C)C)c([Si](C)(C)C)c([Si](C)(C)C)c2C)(c2cc([Si](C)(C)C)c([Si](C)(C)C)c([Si](C)(C)C)c2C)c2cc([Si](C)(C)C)c([Si](C)(C)C)c([Si](C)(C)C)c2C)C(C)=C1C. The predicted molar refractivity (Wildman–Crippen MR) is 346 cm³/mol. The minimum absolute atomic E-state index is 0.341. The van der Waals surface area contributed by atoms with Gasteiger partial charge in [0.1, 0.15) is 0 Å². The topological polar surface area (TPSA) is 0 Å². The van der Waals surface area contributed by atoms with Gasteiger partial charge in [-0.15, -0.1) is 0 Å². The normalized spacial score (nSPS) is 16.0. The van der Waals surface area contributed by atoms with Crippen molar-refractivity contribution in [3.05, 3.63) is 57.2 Å². The van der Waals surface area contributed by atoms with Crippen LogP contribution in [0, 0.1) is 20.8 Å². The van der Waals surface area contributed by atoms with Gasteiger partial charge in [-0.2, -0.15) is 0 Å². The second-order valence-corrected chi connectivity index (χ2v) is 80.1. The van der Waals surface area contributed by atoms with E-state index in [9.17, 15) is 0 Å². The molecular formula is C57H106Si10. The molecule has 0 aliphatic heterocycles. The van der Waals surface area contributed by atoms with E-state index in [1.54, 1.807) is 70.1 Å². The van der Waals surface area contributed by atoms with Crippen LogP contribution < -0.4 is 62.2 Å². The molecule has 3 aromatic rings. The van der Waals surface area contributed by atoms with Gasteiger partial charge in [0, 0.05) is 5.54 Å². The zero-order valence-corrected chi connectivity index (χ0v) is 60.8. The second kappa shape index (κ2) is 18.1. The van der Waals surface area contributed by atoms with Crippen LogP contribution in [0.4, 0.5) is 0 Å². The first kappa shape index (κ1) is 58.9. The fraction of sp³-hybridized carbons (Fsp3) is 0.614. The van der Waals surface area contributed by atoms with Crippen molar-refractivity contribution in [2.45, 2.75) is 231 Å². The third-order valence-corrected chi connectivity index (χ3v) is 41.8. The molecule has 374 valence electrons. The molecule has 1 aliphatic carbocycles. The molecule has 0 bridgehead atoms. The summed E-state index contributed by atoms with van der Waals surface area (Å²) in [7, 11) is -20.1. The molecule has 0 aromatic heterocycles. The van der Waals surface area contributed by atoms with Crippen LogP contribution in [0.3, 0.4) is 0 Å². The van der Waals surface area contributed by atoms with Crippen LogP contribution in [0.5, 0.6) is 0 Å². The Kier molecular flexibility index (Phi) is 15.9. The van der Waals surface area contributed by atoms with Crippen LogP contribution in [0.2, 0.25) is 182 Å². The summed E-state index contributed by atoms with van der Waals surface area (Å²) in [6.45, 7) is 91.1. The molecule has 0 nitrogen and oxygen atoms in total. The molecule has 0 saturated heterocycles. The van der Waals surface area contributed by atoms with Crippen LogP contribution in [0.15, 0.2) is 40.5 Å². The summed E-state index contributed by atoms with van der Waals surface area (Å²) in [5, 5.41) is 21.9. The van der Waals surface area contributed by atoms with Crippen LogP contribution in [-0.2, 0) is 0 Å². The fourth-order valence-corrected chi connectivity index (χ4v) is 51.1. The lowest BCUT2D eigenvalue weighted by atomic mass is 10.1. The summed E-state index contributed by atoms with van der Waals surface area (Å²) < 4.78 is 0. The van der Waals surface area contributed by atoms with Crippen molar-refractivity contribution < 1.29 is 0 Å². The van der Waals surface area contributed by atoms with Crippen molar-refractivity contribution in [1.29, 1.82) is 0 Å². The molecule has 1 aliphatic rings. The summed E-state index contributed by atoms with van der Waals surface area (Å²) in [5.74, 6) is 0. The van der Waals surface area contributed by atoms with E-state index < -0.39 is 80.7 Å². The molecule has 10 heteroatoms. The van der Waals surface area contributed by atoms with Gasteiger partial charge in [-0.05, 0) is 75.2 Å². The Labute approximate surface area is 427 Å². The van der Waals surface area contributed by atoms with E-state index in [0.29, 0.717) is 5.54 Å². The average molecular weight is 1070 g/mol. The Morgan fingerprint density at radius 2 is 0.418 bits per heavy atom. The van der Waals surface area contributed by atoms with Gasteiger partial charge in [0.2, 0.25) is 0 Å². The Bertz CT molecular complexity index is 2260. The minimum Gasteiger partial charge on any atom is -0.0656 e.